The molecule has 94 valence electrons. The first-order valence-corrected chi connectivity index (χ1v) is 6.43. The van der Waals surface area contributed by atoms with E-state index in [0.29, 0.717) is 0 Å². The average molecular weight is 232 g/mol. The van der Waals surface area contributed by atoms with Crippen LogP contribution in [-0.4, -0.2) is 18.1 Å². The van der Waals surface area contributed by atoms with Crippen LogP contribution in [0.5, 0.6) is 0 Å². The number of allylic oxidation sites excluding steroid dienone is 1. The van der Waals surface area contributed by atoms with Crippen molar-refractivity contribution in [2.24, 2.45) is 5.92 Å². The van der Waals surface area contributed by atoms with Crippen molar-refractivity contribution >= 4 is 0 Å². The Bertz CT molecular complexity index is 328. The van der Waals surface area contributed by atoms with Gasteiger partial charge in [0.2, 0.25) is 0 Å². The molecule has 2 nitrogen and oxygen atoms in total. The molecule has 1 aromatic rings. The van der Waals surface area contributed by atoms with Gasteiger partial charge in [-0.2, -0.15) is 0 Å². The van der Waals surface area contributed by atoms with Gasteiger partial charge in [-0.15, -0.1) is 0 Å². The molecule has 0 aliphatic rings. The predicted molar refractivity (Wildman–Crippen MR) is 74.0 cm³/mol. The summed E-state index contributed by atoms with van der Waals surface area (Å²) in [6, 6.07) is 4.16. The zero-order valence-corrected chi connectivity index (χ0v) is 11.2. The minimum absolute atomic E-state index is 0.733. The minimum Gasteiger partial charge on any atom is -0.316 e. The van der Waals surface area contributed by atoms with Gasteiger partial charge in [0.1, 0.15) is 0 Å². The van der Waals surface area contributed by atoms with E-state index in [1.54, 1.807) is 0 Å². The summed E-state index contributed by atoms with van der Waals surface area (Å²) in [5, 5.41) is 3.45. The highest BCUT2D eigenvalue weighted by Gasteiger charge is 1.94. The van der Waals surface area contributed by atoms with Crippen molar-refractivity contribution in [2.45, 2.75) is 33.6 Å². The second kappa shape index (κ2) is 8.02. The fourth-order valence-corrected chi connectivity index (χ4v) is 1.71. The molecule has 0 fully saturated rings. The fourth-order valence-electron chi connectivity index (χ4n) is 1.71. The molecular weight excluding hydrogens is 208 g/mol. The molecule has 17 heavy (non-hydrogen) atoms. The lowest BCUT2D eigenvalue weighted by Crippen LogP contribution is -2.20. The molecule has 0 saturated carbocycles. The lowest BCUT2D eigenvalue weighted by molar-refractivity contribution is 0.556. The highest BCUT2D eigenvalue weighted by Crippen LogP contribution is 2.06. The van der Waals surface area contributed by atoms with Crippen molar-refractivity contribution in [1.29, 1.82) is 0 Å². The van der Waals surface area contributed by atoms with Crippen molar-refractivity contribution in [3.8, 4) is 0 Å². The molecule has 0 aliphatic heterocycles. The molecule has 0 aromatic carbocycles. The van der Waals surface area contributed by atoms with Crippen LogP contribution in [0.2, 0.25) is 0 Å². The van der Waals surface area contributed by atoms with Crippen molar-refractivity contribution < 1.29 is 0 Å². The Labute approximate surface area is 105 Å². The smallest absolute Gasteiger partial charge is 0.0270 e. The van der Waals surface area contributed by atoms with E-state index in [1.165, 1.54) is 11.1 Å². The first-order chi connectivity index (χ1) is 8.18. The summed E-state index contributed by atoms with van der Waals surface area (Å²) in [6.45, 7) is 8.85. The second-order valence-corrected chi connectivity index (χ2v) is 4.97. The lowest BCUT2D eigenvalue weighted by Gasteiger charge is -2.06. The molecule has 0 saturated heterocycles. The van der Waals surface area contributed by atoms with Crippen LogP contribution >= 0.6 is 0 Å². The Morgan fingerprint density at radius 2 is 2.06 bits per heavy atom. The predicted octanol–water partition coefficient (Wildman–Crippen LogP) is 3.21. The first-order valence-electron chi connectivity index (χ1n) is 6.43. The number of nitrogens with zero attached hydrogens (tertiary/aromatic N) is 1. The minimum atomic E-state index is 0.733. The Hall–Kier alpha value is -1.15. The third-order valence-corrected chi connectivity index (χ3v) is 2.60. The van der Waals surface area contributed by atoms with E-state index in [0.717, 1.165) is 31.8 Å². The molecule has 0 radical (unpaired) electrons. The zero-order valence-electron chi connectivity index (χ0n) is 11.2. The SMILES string of the molecule is CC(=CCCNCC(C)C)Cc1ccncc1. The van der Waals surface area contributed by atoms with Gasteiger partial charge in [0.05, 0.1) is 0 Å². The van der Waals surface area contributed by atoms with Crippen molar-refractivity contribution in [1.82, 2.24) is 10.3 Å². The van der Waals surface area contributed by atoms with Gasteiger partial charge in [-0.3, -0.25) is 4.98 Å². The molecule has 0 spiro atoms. The molecule has 1 N–H and O–H groups in total. The van der Waals surface area contributed by atoms with Crippen molar-refractivity contribution in [3.63, 3.8) is 0 Å². The van der Waals surface area contributed by atoms with Gasteiger partial charge in [-0.25, -0.2) is 0 Å². The van der Waals surface area contributed by atoms with Gasteiger partial charge < -0.3 is 5.32 Å². The van der Waals surface area contributed by atoms with E-state index in [9.17, 15) is 0 Å². The lowest BCUT2D eigenvalue weighted by atomic mass is 10.1. The molecule has 0 atom stereocenters. The van der Waals surface area contributed by atoms with Crippen LogP contribution in [0.1, 0.15) is 32.8 Å². The van der Waals surface area contributed by atoms with Crippen LogP contribution in [0.3, 0.4) is 0 Å². The fraction of sp³-hybridized carbons (Fsp3) is 0.533. The molecular formula is C15H24N2. The summed E-state index contributed by atoms with van der Waals surface area (Å²) in [7, 11) is 0. The molecule has 1 rings (SSSR count). The van der Waals surface area contributed by atoms with Gasteiger partial charge in [-0.05, 0) is 56.5 Å². The topological polar surface area (TPSA) is 24.9 Å². The quantitative estimate of drug-likeness (QED) is 0.577. The van der Waals surface area contributed by atoms with E-state index >= 15 is 0 Å². The maximum atomic E-state index is 4.03. The van der Waals surface area contributed by atoms with Gasteiger partial charge in [0, 0.05) is 12.4 Å². The Morgan fingerprint density at radius 1 is 1.35 bits per heavy atom. The summed E-state index contributed by atoms with van der Waals surface area (Å²) in [4.78, 5) is 4.03. The molecule has 0 unspecified atom stereocenters. The maximum Gasteiger partial charge on any atom is 0.0270 e. The number of hydrogen-bond donors (Lipinski definition) is 1. The van der Waals surface area contributed by atoms with Crippen LogP contribution in [0, 0.1) is 5.92 Å². The van der Waals surface area contributed by atoms with E-state index < -0.39 is 0 Å². The standard InChI is InChI=1S/C15H24N2/c1-13(2)12-17-8-4-5-14(3)11-15-6-9-16-10-7-15/h5-7,9-10,13,17H,4,8,11-12H2,1-3H3. The molecule has 0 aliphatic carbocycles. The number of rotatable bonds is 7. The molecule has 0 bridgehead atoms. The average Bonchev–Trinajstić information content (AvgIpc) is 2.29. The van der Waals surface area contributed by atoms with Crippen molar-refractivity contribution in [2.75, 3.05) is 13.1 Å². The summed E-state index contributed by atoms with van der Waals surface area (Å²) in [6.07, 6.45) is 8.18. The van der Waals surface area contributed by atoms with E-state index in [2.05, 4.69) is 49.3 Å². The Kier molecular flexibility index (Phi) is 6.56. The number of pyridine rings is 1. The van der Waals surface area contributed by atoms with E-state index in [1.807, 2.05) is 12.4 Å². The van der Waals surface area contributed by atoms with Crippen LogP contribution in [-0.2, 0) is 6.42 Å². The number of aromatic nitrogens is 1. The molecule has 1 aromatic heterocycles. The summed E-state index contributed by atoms with van der Waals surface area (Å²) >= 11 is 0. The Balaban J connectivity index is 2.21. The molecule has 2 heteroatoms. The normalized spacial score (nSPS) is 12.1. The van der Waals surface area contributed by atoms with Gasteiger partial charge in [-0.1, -0.05) is 25.5 Å². The van der Waals surface area contributed by atoms with E-state index in [4.69, 9.17) is 0 Å². The van der Waals surface area contributed by atoms with Crippen molar-refractivity contribution in [3.05, 3.63) is 41.7 Å². The number of hydrogen-bond acceptors (Lipinski definition) is 2. The maximum absolute atomic E-state index is 4.03. The summed E-state index contributed by atoms with van der Waals surface area (Å²) in [5.41, 5.74) is 2.77. The third kappa shape index (κ3) is 6.90. The summed E-state index contributed by atoms with van der Waals surface area (Å²) in [5.74, 6) is 0.733. The molecule has 1 heterocycles. The zero-order chi connectivity index (χ0) is 12.5. The first kappa shape index (κ1) is 13.9. The van der Waals surface area contributed by atoms with Gasteiger partial charge in [0.25, 0.3) is 0 Å². The van der Waals surface area contributed by atoms with Crippen LogP contribution < -0.4 is 5.32 Å². The van der Waals surface area contributed by atoms with Gasteiger partial charge >= 0.3 is 0 Å². The van der Waals surface area contributed by atoms with Crippen LogP contribution in [0.15, 0.2) is 36.2 Å². The number of nitrogens with one attached hydrogen (secondary N) is 1. The second-order valence-electron chi connectivity index (χ2n) is 4.97. The third-order valence-electron chi connectivity index (χ3n) is 2.60. The van der Waals surface area contributed by atoms with E-state index in [-0.39, 0.29) is 0 Å². The largest absolute Gasteiger partial charge is 0.316 e. The highest BCUT2D eigenvalue weighted by atomic mass is 14.8. The summed E-state index contributed by atoms with van der Waals surface area (Å²) < 4.78 is 0. The van der Waals surface area contributed by atoms with Gasteiger partial charge in [0.15, 0.2) is 0 Å². The Morgan fingerprint density at radius 3 is 2.71 bits per heavy atom. The van der Waals surface area contributed by atoms with Crippen LogP contribution in [0.4, 0.5) is 0 Å². The highest BCUT2D eigenvalue weighted by molar-refractivity contribution is 5.17. The molecule has 0 amide bonds. The monoisotopic (exact) mass is 232 g/mol. The van der Waals surface area contributed by atoms with Crippen LogP contribution in [0.25, 0.3) is 0 Å².